The first-order valence-electron chi connectivity index (χ1n) is 13.3. The van der Waals surface area contributed by atoms with E-state index in [1.54, 1.807) is 18.2 Å². The van der Waals surface area contributed by atoms with Gasteiger partial charge >= 0.3 is 5.97 Å². The van der Waals surface area contributed by atoms with E-state index in [1.807, 2.05) is 74.5 Å². The van der Waals surface area contributed by atoms with Gasteiger partial charge in [-0.2, -0.15) is 0 Å². The van der Waals surface area contributed by atoms with E-state index in [2.05, 4.69) is 9.88 Å². The lowest BCUT2D eigenvalue weighted by Gasteiger charge is -2.22. The molecule has 1 amide bonds. The minimum Gasteiger partial charge on any atom is -0.512 e. The SMILES string of the molecule is CC(C)c1c(C(=O)Nc2ccccc2)c(-c2ccccc2)c(-c2ccc(F)cc2)n1CC[C@@H]1C=C(O)CC(=O)O1. The zero-order valence-corrected chi connectivity index (χ0v) is 22.4. The third-order valence-electron chi connectivity index (χ3n) is 6.91. The van der Waals surface area contributed by atoms with Gasteiger partial charge in [0.2, 0.25) is 0 Å². The zero-order chi connectivity index (χ0) is 28.2. The number of hydrogen-bond acceptors (Lipinski definition) is 4. The van der Waals surface area contributed by atoms with Crippen molar-refractivity contribution in [2.45, 2.75) is 45.3 Å². The number of esters is 1. The Balaban J connectivity index is 1.73. The summed E-state index contributed by atoms with van der Waals surface area (Å²) >= 11 is 0. The van der Waals surface area contributed by atoms with Gasteiger partial charge in [-0.3, -0.25) is 9.59 Å². The van der Waals surface area contributed by atoms with E-state index in [1.165, 1.54) is 12.1 Å². The number of rotatable bonds is 8. The van der Waals surface area contributed by atoms with Crippen molar-refractivity contribution in [2.75, 3.05) is 5.32 Å². The number of carbonyl (C=O) groups is 2. The number of carbonyl (C=O) groups excluding carboxylic acids is 2. The maximum atomic E-state index is 14.1. The Hall–Kier alpha value is -4.65. The Morgan fingerprint density at radius 2 is 1.65 bits per heavy atom. The smallest absolute Gasteiger partial charge is 0.314 e. The van der Waals surface area contributed by atoms with Gasteiger partial charge in [0.1, 0.15) is 24.1 Å². The summed E-state index contributed by atoms with van der Waals surface area (Å²) in [4.78, 5) is 26.1. The van der Waals surface area contributed by atoms with Gasteiger partial charge < -0.3 is 19.7 Å². The molecule has 1 atom stereocenters. The number of anilines is 1. The minimum atomic E-state index is -0.605. The highest BCUT2D eigenvalue weighted by atomic mass is 19.1. The first-order chi connectivity index (χ1) is 19.3. The quantitative estimate of drug-likeness (QED) is 0.228. The number of benzene rings is 3. The fraction of sp³-hybridized carbons (Fsp3) is 0.212. The third-order valence-corrected chi connectivity index (χ3v) is 6.91. The average Bonchev–Trinajstić information content (AvgIpc) is 3.28. The number of nitrogens with zero attached hydrogens (tertiary/aromatic N) is 1. The second kappa shape index (κ2) is 11.6. The predicted octanol–water partition coefficient (Wildman–Crippen LogP) is 7.48. The van der Waals surface area contributed by atoms with Gasteiger partial charge in [-0.1, -0.05) is 62.4 Å². The van der Waals surface area contributed by atoms with Crippen molar-refractivity contribution in [1.82, 2.24) is 4.57 Å². The van der Waals surface area contributed by atoms with Crippen molar-refractivity contribution in [1.29, 1.82) is 0 Å². The van der Waals surface area contributed by atoms with Crippen LogP contribution in [-0.2, 0) is 16.1 Å². The normalized spacial score (nSPS) is 15.1. The van der Waals surface area contributed by atoms with Gasteiger partial charge in [0.15, 0.2) is 0 Å². The van der Waals surface area contributed by atoms with E-state index in [9.17, 15) is 19.1 Å². The molecule has 204 valence electrons. The van der Waals surface area contributed by atoms with Gasteiger partial charge in [-0.25, -0.2) is 4.39 Å². The Morgan fingerprint density at radius 3 is 2.27 bits per heavy atom. The van der Waals surface area contributed by atoms with E-state index in [0.29, 0.717) is 24.2 Å². The molecule has 0 spiro atoms. The number of nitrogens with one attached hydrogen (secondary N) is 1. The summed E-state index contributed by atoms with van der Waals surface area (Å²) in [6, 6.07) is 25.2. The van der Waals surface area contributed by atoms with Crippen LogP contribution in [0.1, 0.15) is 48.7 Å². The largest absolute Gasteiger partial charge is 0.512 e. The molecule has 0 bridgehead atoms. The fourth-order valence-corrected chi connectivity index (χ4v) is 5.27. The minimum absolute atomic E-state index is 0.00972. The molecule has 40 heavy (non-hydrogen) atoms. The van der Waals surface area contributed by atoms with Gasteiger partial charge in [-0.15, -0.1) is 0 Å². The standard InChI is InChI=1S/C33H31FN2O4/c1-21(2)31-30(33(39)35-25-11-7-4-8-12-25)29(22-9-5-3-6-10-22)32(23-13-15-24(34)16-14-23)36(31)18-17-27-19-26(37)20-28(38)40-27/h3-16,19,21,27,37H,17-18,20H2,1-2H3,(H,35,39)/t27-/m1/s1. The summed E-state index contributed by atoms with van der Waals surface area (Å²) in [5.41, 5.74) is 5.12. The van der Waals surface area contributed by atoms with Crippen molar-refractivity contribution in [3.8, 4) is 22.4 Å². The van der Waals surface area contributed by atoms with Crippen LogP contribution in [-0.4, -0.2) is 27.7 Å². The molecule has 4 aromatic rings. The summed E-state index contributed by atoms with van der Waals surface area (Å²) in [7, 11) is 0. The number of halogens is 1. The van der Waals surface area contributed by atoms with E-state index in [0.717, 1.165) is 28.1 Å². The molecule has 7 heteroatoms. The Kier molecular flexibility index (Phi) is 7.82. The van der Waals surface area contributed by atoms with Crippen molar-refractivity contribution >= 4 is 17.6 Å². The molecule has 2 N–H and O–H groups in total. The van der Waals surface area contributed by atoms with Gasteiger partial charge in [0, 0.05) is 29.9 Å². The molecule has 1 aromatic heterocycles. The van der Waals surface area contributed by atoms with Crippen LogP contribution >= 0.6 is 0 Å². The van der Waals surface area contributed by atoms with Crippen molar-refractivity contribution < 1.29 is 23.8 Å². The monoisotopic (exact) mass is 538 g/mol. The second-order valence-electron chi connectivity index (χ2n) is 10.1. The van der Waals surface area contributed by atoms with Gasteiger partial charge in [0.05, 0.1) is 11.3 Å². The molecule has 0 saturated carbocycles. The summed E-state index contributed by atoms with van der Waals surface area (Å²) in [6.45, 7) is 4.45. The van der Waals surface area contributed by atoms with E-state index in [4.69, 9.17) is 4.74 Å². The fourth-order valence-electron chi connectivity index (χ4n) is 5.27. The number of aromatic nitrogens is 1. The lowest BCUT2D eigenvalue weighted by molar-refractivity contribution is -0.148. The van der Waals surface area contributed by atoms with Gasteiger partial charge in [0.25, 0.3) is 5.91 Å². The van der Waals surface area contributed by atoms with Crippen LogP contribution in [0.2, 0.25) is 0 Å². The average molecular weight is 539 g/mol. The molecule has 0 aliphatic carbocycles. The number of ether oxygens (including phenoxy) is 1. The number of hydrogen-bond donors (Lipinski definition) is 2. The van der Waals surface area contributed by atoms with Crippen molar-refractivity contribution in [3.63, 3.8) is 0 Å². The van der Waals surface area contributed by atoms with Crippen LogP contribution in [0.25, 0.3) is 22.4 Å². The van der Waals surface area contributed by atoms with E-state index < -0.39 is 12.1 Å². The van der Waals surface area contributed by atoms with E-state index in [-0.39, 0.29) is 29.8 Å². The number of cyclic esters (lactones) is 1. The highest BCUT2D eigenvalue weighted by Gasteiger charge is 2.31. The molecule has 2 heterocycles. The zero-order valence-electron chi connectivity index (χ0n) is 22.4. The van der Waals surface area contributed by atoms with E-state index >= 15 is 0 Å². The summed E-state index contributed by atoms with van der Waals surface area (Å²) in [6.07, 6.45) is 1.19. The van der Waals surface area contributed by atoms with Gasteiger partial charge in [-0.05, 0) is 59.5 Å². The van der Waals surface area contributed by atoms with Crippen LogP contribution < -0.4 is 5.32 Å². The van der Waals surface area contributed by atoms with Crippen LogP contribution in [0.4, 0.5) is 10.1 Å². The summed E-state index contributed by atoms with van der Waals surface area (Å²) in [5.74, 6) is -1.16. The van der Waals surface area contributed by atoms with Crippen molar-refractivity contribution in [3.05, 3.63) is 114 Å². The Bertz CT molecular complexity index is 1540. The highest BCUT2D eigenvalue weighted by molar-refractivity contribution is 6.12. The topological polar surface area (TPSA) is 80.6 Å². The summed E-state index contributed by atoms with van der Waals surface area (Å²) < 4.78 is 21.6. The number of amides is 1. The molecular formula is C33H31FN2O4. The second-order valence-corrected chi connectivity index (χ2v) is 10.1. The molecule has 6 nitrogen and oxygen atoms in total. The molecular weight excluding hydrogens is 507 g/mol. The molecule has 0 saturated heterocycles. The molecule has 3 aromatic carbocycles. The number of aliphatic hydroxyl groups excluding tert-OH is 1. The van der Waals surface area contributed by atoms with Crippen LogP contribution in [0, 0.1) is 5.82 Å². The first kappa shape index (κ1) is 26.9. The maximum Gasteiger partial charge on any atom is 0.314 e. The first-order valence-corrected chi connectivity index (χ1v) is 13.3. The van der Waals surface area contributed by atoms with Crippen LogP contribution in [0.5, 0.6) is 0 Å². The van der Waals surface area contributed by atoms with Crippen LogP contribution in [0.15, 0.2) is 96.8 Å². The Labute approximate surface area is 232 Å². The number of para-hydroxylation sites is 1. The lowest BCUT2D eigenvalue weighted by atomic mass is 9.94. The Morgan fingerprint density at radius 1 is 1.00 bits per heavy atom. The van der Waals surface area contributed by atoms with Crippen LogP contribution in [0.3, 0.4) is 0 Å². The predicted molar refractivity (Wildman–Crippen MR) is 154 cm³/mol. The molecule has 0 radical (unpaired) electrons. The lowest BCUT2D eigenvalue weighted by Crippen LogP contribution is -2.24. The molecule has 5 rings (SSSR count). The molecule has 1 aliphatic rings. The third kappa shape index (κ3) is 5.69. The molecule has 0 fully saturated rings. The maximum absolute atomic E-state index is 14.1. The molecule has 1 aliphatic heterocycles. The summed E-state index contributed by atoms with van der Waals surface area (Å²) in [5, 5.41) is 13.1. The molecule has 0 unspecified atom stereocenters. The number of aliphatic hydroxyl groups is 1. The van der Waals surface area contributed by atoms with Crippen molar-refractivity contribution in [2.24, 2.45) is 0 Å². The highest BCUT2D eigenvalue weighted by Crippen LogP contribution is 2.42.